The van der Waals surface area contributed by atoms with Gasteiger partial charge in [0.2, 0.25) is 0 Å². The van der Waals surface area contributed by atoms with Gasteiger partial charge in [-0.25, -0.2) is 0 Å². The number of piperidine rings is 1. The Hall–Kier alpha value is -2.33. The van der Waals surface area contributed by atoms with Gasteiger partial charge in [0.25, 0.3) is 5.91 Å². The lowest BCUT2D eigenvalue weighted by atomic mass is 9.88. The van der Waals surface area contributed by atoms with Gasteiger partial charge in [-0.3, -0.25) is 4.79 Å². The zero-order chi connectivity index (χ0) is 18.5. The summed E-state index contributed by atoms with van der Waals surface area (Å²) in [4.78, 5) is 14.8. The third-order valence-corrected chi connectivity index (χ3v) is 5.21. The molecule has 2 atom stereocenters. The van der Waals surface area contributed by atoms with Gasteiger partial charge in [-0.15, -0.1) is 0 Å². The SMILES string of the molecule is COc1ccc(C[C@@H]2CN(C(=O)c3ccc(C)cc3)CC[C@@H]2OC)cc1. The number of amides is 1. The highest BCUT2D eigenvalue weighted by Gasteiger charge is 2.32. The first-order chi connectivity index (χ1) is 12.6. The van der Waals surface area contributed by atoms with Crippen LogP contribution in [-0.4, -0.2) is 44.2 Å². The number of carbonyl (C=O) groups excluding carboxylic acids is 1. The monoisotopic (exact) mass is 353 g/mol. The number of hydrogen-bond donors (Lipinski definition) is 0. The lowest BCUT2D eigenvalue weighted by molar-refractivity contribution is -0.00299. The molecule has 3 rings (SSSR count). The number of hydrogen-bond acceptors (Lipinski definition) is 3. The molecule has 1 saturated heterocycles. The molecule has 0 bridgehead atoms. The third-order valence-electron chi connectivity index (χ3n) is 5.21. The standard InChI is InChI=1S/C22H27NO3/c1-16-4-8-18(9-5-16)22(24)23-13-12-21(26-3)19(15-23)14-17-6-10-20(25-2)11-7-17/h4-11,19,21H,12-15H2,1-3H3/t19-,21+/m1/s1. The summed E-state index contributed by atoms with van der Waals surface area (Å²) in [5.74, 6) is 1.26. The van der Waals surface area contributed by atoms with Crippen LogP contribution in [0.4, 0.5) is 0 Å². The number of carbonyl (C=O) groups is 1. The first kappa shape index (κ1) is 18.5. The van der Waals surface area contributed by atoms with Gasteiger partial charge < -0.3 is 14.4 Å². The van der Waals surface area contributed by atoms with Crippen LogP contribution >= 0.6 is 0 Å². The van der Waals surface area contributed by atoms with E-state index in [0.29, 0.717) is 0 Å². The highest BCUT2D eigenvalue weighted by molar-refractivity contribution is 5.94. The second-order valence-electron chi connectivity index (χ2n) is 6.99. The van der Waals surface area contributed by atoms with Gasteiger partial charge in [0.15, 0.2) is 0 Å². The minimum absolute atomic E-state index is 0.110. The number of likely N-dealkylation sites (tertiary alicyclic amines) is 1. The van der Waals surface area contributed by atoms with Gasteiger partial charge in [-0.1, -0.05) is 29.8 Å². The Morgan fingerprint density at radius 3 is 2.38 bits per heavy atom. The Labute approximate surface area is 155 Å². The van der Waals surface area contributed by atoms with Crippen LogP contribution in [0.5, 0.6) is 5.75 Å². The van der Waals surface area contributed by atoms with E-state index in [1.165, 1.54) is 5.56 Å². The van der Waals surface area contributed by atoms with E-state index in [9.17, 15) is 4.79 Å². The lowest BCUT2D eigenvalue weighted by Crippen LogP contribution is -2.47. The van der Waals surface area contributed by atoms with E-state index in [-0.39, 0.29) is 17.9 Å². The Bertz CT molecular complexity index is 724. The molecule has 26 heavy (non-hydrogen) atoms. The maximum Gasteiger partial charge on any atom is 0.253 e. The van der Waals surface area contributed by atoms with Crippen LogP contribution < -0.4 is 4.74 Å². The van der Waals surface area contributed by atoms with Gasteiger partial charge in [-0.05, 0) is 49.6 Å². The fourth-order valence-electron chi connectivity index (χ4n) is 3.64. The fraction of sp³-hybridized carbons (Fsp3) is 0.409. The molecule has 2 aromatic carbocycles. The molecule has 1 aliphatic heterocycles. The Balaban J connectivity index is 1.70. The molecule has 1 aliphatic rings. The second-order valence-corrected chi connectivity index (χ2v) is 6.99. The molecule has 1 heterocycles. The van der Waals surface area contributed by atoms with Crippen molar-refractivity contribution in [2.24, 2.45) is 5.92 Å². The van der Waals surface area contributed by atoms with Crippen LogP contribution in [-0.2, 0) is 11.2 Å². The van der Waals surface area contributed by atoms with Crippen LogP contribution in [0.3, 0.4) is 0 Å². The van der Waals surface area contributed by atoms with Crippen molar-refractivity contribution in [3.63, 3.8) is 0 Å². The minimum atomic E-state index is 0.110. The van der Waals surface area contributed by atoms with Crippen molar-refractivity contribution < 1.29 is 14.3 Å². The number of benzene rings is 2. The molecule has 0 saturated carbocycles. The molecular formula is C22H27NO3. The molecule has 0 radical (unpaired) electrons. The highest BCUT2D eigenvalue weighted by atomic mass is 16.5. The predicted molar refractivity (Wildman–Crippen MR) is 103 cm³/mol. The Morgan fingerprint density at radius 1 is 1.08 bits per heavy atom. The van der Waals surface area contributed by atoms with E-state index in [4.69, 9.17) is 9.47 Å². The van der Waals surface area contributed by atoms with Crippen molar-refractivity contribution in [3.8, 4) is 5.75 Å². The zero-order valence-electron chi connectivity index (χ0n) is 15.8. The topological polar surface area (TPSA) is 38.8 Å². The minimum Gasteiger partial charge on any atom is -0.497 e. The summed E-state index contributed by atoms with van der Waals surface area (Å²) in [6.07, 6.45) is 1.94. The average Bonchev–Trinajstić information content (AvgIpc) is 2.68. The summed E-state index contributed by atoms with van der Waals surface area (Å²) >= 11 is 0. The van der Waals surface area contributed by atoms with Crippen LogP contribution in [0.25, 0.3) is 0 Å². The van der Waals surface area contributed by atoms with Crippen molar-refractivity contribution in [2.75, 3.05) is 27.3 Å². The van der Waals surface area contributed by atoms with Crippen molar-refractivity contribution in [2.45, 2.75) is 25.9 Å². The number of aryl methyl sites for hydroxylation is 1. The fourth-order valence-corrected chi connectivity index (χ4v) is 3.64. The van der Waals surface area contributed by atoms with Crippen LogP contribution in [0.1, 0.15) is 27.9 Å². The Morgan fingerprint density at radius 2 is 1.77 bits per heavy atom. The maximum atomic E-state index is 12.9. The Kier molecular flexibility index (Phi) is 5.94. The van der Waals surface area contributed by atoms with Crippen molar-refractivity contribution in [1.82, 2.24) is 4.90 Å². The molecule has 2 aromatic rings. The zero-order valence-corrected chi connectivity index (χ0v) is 15.8. The summed E-state index contributed by atoms with van der Waals surface area (Å²) in [7, 11) is 3.44. The summed E-state index contributed by atoms with van der Waals surface area (Å²) in [5.41, 5.74) is 3.16. The summed E-state index contributed by atoms with van der Waals surface area (Å²) in [5, 5.41) is 0. The normalized spacial score (nSPS) is 20.0. The molecule has 0 spiro atoms. The van der Waals surface area contributed by atoms with Gasteiger partial charge >= 0.3 is 0 Å². The van der Waals surface area contributed by atoms with Crippen LogP contribution in [0.15, 0.2) is 48.5 Å². The van der Waals surface area contributed by atoms with E-state index in [1.807, 2.05) is 48.2 Å². The van der Waals surface area contributed by atoms with E-state index in [1.54, 1.807) is 14.2 Å². The molecular weight excluding hydrogens is 326 g/mol. The van der Waals surface area contributed by atoms with Crippen molar-refractivity contribution in [3.05, 3.63) is 65.2 Å². The van der Waals surface area contributed by atoms with E-state index >= 15 is 0 Å². The van der Waals surface area contributed by atoms with Gasteiger partial charge in [-0.2, -0.15) is 0 Å². The first-order valence-corrected chi connectivity index (χ1v) is 9.12. The molecule has 138 valence electrons. The smallest absolute Gasteiger partial charge is 0.253 e. The van der Waals surface area contributed by atoms with Crippen LogP contribution in [0.2, 0.25) is 0 Å². The number of methoxy groups -OCH3 is 2. The molecule has 0 aliphatic carbocycles. The number of nitrogens with zero attached hydrogens (tertiary/aromatic N) is 1. The molecule has 1 amide bonds. The largest absolute Gasteiger partial charge is 0.497 e. The number of rotatable bonds is 5. The summed E-state index contributed by atoms with van der Waals surface area (Å²) < 4.78 is 10.9. The quantitative estimate of drug-likeness (QED) is 0.822. The number of ether oxygens (including phenoxy) is 2. The van der Waals surface area contributed by atoms with Crippen LogP contribution in [0, 0.1) is 12.8 Å². The summed E-state index contributed by atoms with van der Waals surface area (Å²) in [6.45, 7) is 3.49. The molecule has 0 N–H and O–H groups in total. The molecule has 4 heteroatoms. The second kappa shape index (κ2) is 8.37. The van der Waals surface area contributed by atoms with Crippen molar-refractivity contribution >= 4 is 5.91 Å². The van der Waals surface area contributed by atoms with Gasteiger partial charge in [0, 0.05) is 31.7 Å². The molecule has 0 aromatic heterocycles. The van der Waals surface area contributed by atoms with E-state index in [2.05, 4.69) is 12.1 Å². The summed E-state index contributed by atoms with van der Waals surface area (Å²) in [6, 6.07) is 16.0. The van der Waals surface area contributed by atoms with E-state index < -0.39 is 0 Å². The molecule has 1 fully saturated rings. The van der Waals surface area contributed by atoms with Gasteiger partial charge in [0.05, 0.1) is 13.2 Å². The predicted octanol–water partition coefficient (Wildman–Crippen LogP) is 3.72. The first-order valence-electron chi connectivity index (χ1n) is 9.12. The molecule has 0 unspecified atom stereocenters. The van der Waals surface area contributed by atoms with Crippen molar-refractivity contribution in [1.29, 1.82) is 0 Å². The highest BCUT2D eigenvalue weighted by Crippen LogP contribution is 2.25. The molecule has 4 nitrogen and oxygen atoms in total. The van der Waals surface area contributed by atoms with Gasteiger partial charge in [0.1, 0.15) is 5.75 Å². The third kappa shape index (κ3) is 4.25. The van der Waals surface area contributed by atoms with E-state index in [0.717, 1.165) is 42.8 Å². The average molecular weight is 353 g/mol. The maximum absolute atomic E-state index is 12.9. The lowest BCUT2D eigenvalue weighted by Gasteiger charge is -2.38.